The number of nitrogens with one attached hydrogen (secondary N) is 1. The van der Waals surface area contributed by atoms with Gasteiger partial charge in [-0.3, -0.25) is 9.59 Å². The molecule has 3 unspecified atom stereocenters. The molecule has 2 heterocycles. The smallest absolute Gasteiger partial charge is 0.262 e. The van der Waals surface area contributed by atoms with Gasteiger partial charge in [0.15, 0.2) is 0 Å². The van der Waals surface area contributed by atoms with Crippen LogP contribution in [0.4, 0.5) is 0 Å². The van der Waals surface area contributed by atoms with Gasteiger partial charge in [-0.1, -0.05) is 19.9 Å². The Hall–Kier alpha value is -1.40. The first-order valence-electron chi connectivity index (χ1n) is 7.67. The summed E-state index contributed by atoms with van der Waals surface area (Å²) in [6, 6.07) is 3.09. The molecule has 1 N–H and O–H groups in total. The predicted molar refractivity (Wildman–Crippen MR) is 87.0 cm³/mol. The molecule has 2 rings (SSSR count). The topological polar surface area (TPSA) is 58.6 Å². The Balaban J connectivity index is 2.07. The molecule has 0 spiro atoms. The molecule has 22 heavy (non-hydrogen) atoms. The minimum absolute atomic E-state index is 0.0218. The lowest BCUT2D eigenvalue weighted by Gasteiger charge is -2.38. The van der Waals surface area contributed by atoms with Crippen molar-refractivity contribution in [2.24, 2.45) is 5.92 Å². The lowest BCUT2D eigenvalue weighted by atomic mass is 10.0. The maximum absolute atomic E-state index is 12.8. The summed E-state index contributed by atoms with van der Waals surface area (Å²) in [5.41, 5.74) is 0. The lowest BCUT2D eigenvalue weighted by Crippen LogP contribution is -2.56. The molecule has 1 aromatic heterocycles. The molecule has 1 fully saturated rings. The number of amides is 2. The fraction of sp³-hybridized carbons (Fsp3) is 0.625. The fourth-order valence-electron chi connectivity index (χ4n) is 2.69. The van der Waals surface area contributed by atoms with E-state index in [1.807, 2.05) is 39.1 Å². The van der Waals surface area contributed by atoms with Gasteiger partial charge >= 0.3 is 0 Å². The Morgan fingerprint density at radius 1 is 1.32 bits per heavy atom. The van der Waals surface area contributed by atoms with Gasteiger partial charge in [0.1, 0.15) is 6.04 Å². The second kappa shape index (κ2) is 7.24. The average Bonchev–Trinajstić information content (AvgIpc) is 2.96. The van der Waals surface area contributed by atoms with Gasteiger partial charge in [-0.05, 0) is 31.2 Å². The van der Waals surface area contributed by atoms with Crippen LogP contribution in [0.25, 0.3) is 0 Å². The Bertz CT molecular complexity index is 505. The van der Waals surface area contributed by atoms with E-state index >= 15 is 0 Å². The van der Waals surface area contributed by atoms with Crippen LogP contribution in [-0.2, 0) is 9.53 Å². The average molecular weight is 324 g/mol. The van der Waals surface area contributed by atoms with Crippen LogP contribution in [0.1, 0.15) is 37.4 Å². The summed E-state index contributed by atoms with van der Waals surface area (Å²) in [4.78, 5) is 27.5. The summed E-state index contributed by atoms with van der Waals surface area (Å²) in [6.07, 6.45) is 0.0435. The highest BCUT2D eigenvalue weighted by atomic mass is 32.1. The van der Waals surface area contributed by atoms with Gasteiger partial charge in [0.2, 0.25) is 5.91 Å². The van der Waals surface area contributed by atoms with Crippen LogP contribution in [0, 0.1) is 5.92 Å². The second-order valence-corrected chi connectivity index (χ2v) is 7.12. The molecule has 3 atom stereocenters. The van der Waals surface area contributed by atoms with Crippen molar-refractivity contribution < 1.29 is 14.3 Å². The molecule has 1 aliphatic rings. The van der Waals surface area contributed by atoms with Crippen molar-refractivity contribution in [2.75, 3.05) is 13.1 Å². The molecule has 0 radical (unpaired) electrons. The lowest BCUT2D eigenvalue weighted by molar-refractivity contribution is -0.146. The van der Waals surface area contributed by atoms with Crippen LogP contribution in [0.2, 0.25) is 0 Å². The number of thiophene rings is 1. The molecular weight excluding hydrogens is 300 g/mol. The van der Waals surface area contributed by atoms with Gasteiger partial charge in [-0.15, -0.1) is 11.3 Å². The summed E-state index contributed by atoms with van der Waals surface area (Å²) >= 11 is 1.38. The number of ether oxygens (including phenoxy) is 1. The van der Waals surface area contributed by atoms with E-state index in [0.717, 1.165) is 0 Å². The highest BCUT2D eigenvalue weighted by Gasteiger charge is 2.33. The quantitative estimate of drug-likeness (QED) is 0.923. The molecule has 0 saturated carbocycles. The van der Waals surface area contributed by atoms with Crippen molar-refractivity contribution in [1.82, 2.24) is 10.2 Å². The van der Waals surface area contributed by atoms with E-state index in [9.17, 15) is 9.59 Å². The van der Waals surface area contributed by atoms with Crippen LogP contribution in [-0.4, -0.2) is 48.1 Å². The van der Waals surface area contributed by atoms with E-state index in [2.05, 4.69) is 5.32 Å². The van der Waals surface area contributed by atoms with Crippen LogP contribution in [0.5, 0.6) is 0 Å². The predicted octanol–water partition coefficient (Wildman–Crippen LogP) is 2.14. The standard InChI is InChI=1S/C16H24N2O3S/c1-10(2)14(17-15(19)13-6-5-7-22-13)16(20)18-8-11(3)21-12(4)9-18/h5-7,10-12,14H,8-9H2,1-4H3,(H,17,19). The third-order valence-corrected chi connectivity index (χ3v) is 4.56. The maximum atomic E-state index is 12.8. The van der Waals surface area contributed by atoms with Crippen molar-refractivity contribution in [3.63, 3.8) is 0 Å². The maximum Gasteiger partial charge on any atom is 0.262 e. The van der Waals surface area contributed by atoms with Crippen LogP contribution >= 0.6 is 11.3 Å². The van der Waals surface area contributed by atoms with Gasteiger partial charge in [-0.2, -0.15) is 0 Å². The summed E-state index contributed by atoms with van der Waals surface area (Å²) in [5.74, 6) is -0.178. The zero-order chi connectivity index (χ0) is 16.3. The molecule has 1 aromatic rings. The van der Waals surface area contributed by atoms with E-state index in [1.54, 1.807) is 11.0 Å². The third kappa shape index (κ3) is 4.08. The normalized spacial score (nSPS) is 23.4. The molecule has 1 aliphatic heterocycles. The molecule has 0 aliphatic carbocycles. The summed E-state index contributed by atoms with van der Waals surface area (Å²) in [5, 5.41) is 4.74. The van der Waals surface area contributed by atoms with Crippen LogP contribution in [0.3, 0.4) is 0 Å². The minimum atomic E-state index is -0.507. The molecule has 2 amide bonds. The first kappa shape index (κ1) is 17.0. The fourth-order valence-corrected chi connectivity index (χ4v) is 3.32. The molecular formula is C16H24N2O3S. The van der Waals surface area contributed by atoms with Gasteiger partial charge in [0.05, 0.1) is 17.1 Å². The summed E-state index contributed by atoms with van der Waals surface area (Å²) in [6.45, 7) is 8.97. The van der Waals surface area contributed by atoms with Crippen molar-refractivity contribution in [3.05, 3.63) is 22.4 Å². The van der Waals surface area contributed by atoms with Crippen molar-refractivity contribution >= 4 is 23.2 Å². The zero-order valence-corrected chi connectivity index (χ0v) is 14.4. The van der Waals surface area contributed by atoms with E-state index in [1.165, 1.54) is 11.3 Å². The van der Waals surface area contributed by atoms with Crippen molar-refractivity contribution in [3.8, 4) is 0 Å². The van der Waals surface area contributed by atoms with E-state index in [0.29, 0.717) is 18.0 Å². The van der Waals surface area contributed by atoms with Gasteiger partial charge in [0.25, 0.3) is 5.91 Å². The minimum Gasteiger partial charge on any atom is -0.372 e. The number of hydrogen-bond acceptors (Lipinski definition) is 4. The number of morpholine rings is 1. The number of carbonyl (C=O) groups is 2. The highest BCUT2D eigenvalue weighted by Crippen LogP contribution is 2.16. The SMILES string of the molecule is CC1CN(C(=O)C(NC(=O)c2cccs2)C(C)C)CC(C)O1. The molecule has 122 valence electrons. The van der Waals surface area contributed by atoms with Crippen LogP contribution in [0.15, 0.2) is 17.5 Å². The van der Waals surface area contributed by atoms with Crippen molar-refractivity contribution in [2.45, 2.75) is 45.9 Å². The van der Waals surface area contributed by atoms with E-state index in [4.69, 9.17) is 4.74 Å². The number of carbonyl (C=O) groups excluding carboxylic acids is 2. The zero-order valence-electron chi connectivity index (χ0n) is 13.5. The largest absolute Gasteiger partial charge is 0.372 e. The second-order valence-electron chi connectivity index (χ2n) is 6.17. The number of nitrogens with zero attached hydrogens (tertiary/aromatic N) is 1. The molecule has 1 saturated heterocycles. The van der Waals surface area contributed by atoms with E-state index in [-0.39, 0.29) is 29.9 Å². The van der Waals surface area contributed by atoms with Gasteiger partial charge in [0, 0.05) is 13.1 Å². The van der Waals surface area contributed by atoms with Crippen LogP contribution < -0.4 is 5.32 Å². The Morgan fingerprint density at radius 3 is 2.45 bits per heavy atom. The number of rotatable bonds is 4. The molecule has 0 aromatic carbocycles. The van der Waals surface area contributed by atoms with Crippen molar-refractivity contribution in [1.29, 1.82) is 0 Å². The first-order valence-corrected chi connectivity index (χ1v) is 8.55. The van der Waals surface area contributed by atoms with Gasteiger partial charge in [-0.25, -0.2) is 0 Å². The monoisotopic (exact) mass is 324 g/mol. The Labute approximate surface area is 135 Å². The summed E-state index contributed by atoms with van der Waals surface area (Å²) < 4.78 is 5.67. The highest BCUT2D eigenvalue weighted by molar-refractivity contribution is 7.12. The summed E-state index contributed by atoms with van der Waals surface area (Å²) in [7, 11) is 0. The Kier molecular flexibility index (Phi) is 5.58. The third-order valence-electron chi connectivity index (χ3n) is 3.70. The molecule has 6 heteroatoms. The first-order chi connectivity index (χ1) is 10.4. The number of hydrogen-bond donors (Lipinski definition) is 1. The molecule has 5 nitrogen and oxygen atoms in total. The Morgan fingerprint density at radius 2 is 1.95 bits per heavy atom. The molecule has 0 bridgehead atoms. The van der Waals surface area contributed by atoms with E-state index < -0.39 is 6.04 Å². The van der Waals surface area contributed by atoms with Gasteiger partial charge < -0.3 is 15.0 Å².